The van der Waals surface area contributed by atoms with Gasteiger partial charge in [0.15, 0.2) is 12.4 Å². The Kier molecular flexibility index (Phi) is 3.82. The smallest absolute Gasteiger partial charge is 0.264 e. The van der Waals surface area contributed by atoms with E-state index >= 15 is 0 Å². The zero-order valence-corrected chi connectivity index (χ0v) is 10.8. The molecular weight excluding hydrogens is 230 g/mol. The minimum Gasteiger partial charge on any atom is -0.484 e. The SMILES string of the molecule is CNc1ccc(OCc2nc(C(C)C)no2)cc1. The van der Waals surface area contributed by atoms with Crippen LogP contribution in [0.2, 0.25) is 0 Å². The summed E-state index contributed by atoms with van der Waals surface area (Å²) in [6, 6.07) is 7.68. The number of rotatable bonds is 5. The molecule has 0 radical (unpaired) electrons. The number of nitrogens with zero attached hydrogens (tertiary/aromatic N) is 2. The third-order valence-electron chi connectivity index (χ3n) is 2.51. The molecule has 96 valence electrons. The Morgan fingerprint density at radius 1 is 1.28 bits per heavy atom. The number of hydrogen-bond donors (Lipinski definition) is 1. The van der Waals surface area contributed by atoms with Crippen molar-refractivity contribution in [3.8, 4) is 5.75 Å². The predicted molar refractivity (Wildman–Crippen MR) is 68.7 cm³/mol. The van der Waals surface area contributed by atoms with Crippen molar-refractivity contribution >= 4 is 5.69 Å². The van der Waals surface area contributed by atoms with E-state index in [1.54, 1.807) is 0 Å². The average Bonchev–Trinajstić information content (AvgIpc) is 2.86. The number of ether oxygens (including phenoxy) is 1. The van der Waals surface area contributed by atoms with Crippen LogP contribution in [-0.2, 0) is 6.61 Å². The van der Waals surface area contributed by atoms with E-state index in [0.29, 0.717) is 18.3 Å². The van der Waals surface area contributed by atoms with Crippen molar-refractivity contribution in [1.82, 2.24) is 10.1 Å². The van der Waals surface area contributed by atoms with Crippen molar-refractivity contribution in [2.24, 2.45) is 0 Å². The second kappa shape index (κ2) is 5.53. The zero-order chi connectivity index (χ0) is 13.0. The summed E-state index contributed by atoms with van der Waals surface area (Å²) >= 11 is 0. The van der Waals surface area contributed by atoms with E-state index in [2.05, 4.69) is 15.5 Å². The molecule has 1 aromatic heterocycles. The summed E-state index contributed by atoms with van der Waals surface area (Å²) in [6.45, 7) is 4.33. The van der Waals surface area contributed by atoms with Gasteiger partial charge in [0.05, 0.1) is 0 Å². The van der Waals surface area contributed by atoms with Gasteiger partial charge in [0.1, 0.15) is 5.75 Å². The fourth-order valence-corrected chi connectivity index (χ4v) is 1.42. The highest BCUT2D eigenvalue weighted by atomic mass is 16.5. The largest absolute Gasteiger partial charge is 0.484 e. The Morgan fingerprint density at radius 2 is 2.00 bits per heavy atom. The molecule has 2 aromatic rings. The third kappa shape index (κ3) is 3.00. The van der Waals surface area contributed by atoms with Crippen molar-refractivity contribution in [1.29, 1.82) is 0 Å². The molecule has 2 rings (SSSR count). The van der Waals surface area contributed by atoms with Gasteiger partial charge < -0.3 is 14.6 Å². The summed E-state index contributed by atoms with van der Waals surface area (Å²) < 4.78 is 10.7. The van der Waals surface area contributed by atoms with Gasteiger partial charge in [0.25, 0.3) is 5.89 Å². The standard InChI is InChI=1S/C13H17N3O2/c1-9(2)13-15-12(18-16-13)8-17-11-6-4-10(14-3)5-7-11/h4-7,9,14H,8H2,1-3H3. The van der Waals surface area contributed by atoms with E-state index in [1.165, 1.54) is 0 Å². The molecule has 0 saturated carbocycles. The van der Waals surface area contributed by atoms with Gasteiger partial charge in [-0.15, -0.1) is 0 Å². The Balaban J connectivity index is 1.93. The van der Waals surface area contributed by atoms with Gasteiger partial charge in [-0.2, -0.15) is 4.98 Å². The Hall–Kier alpha value is -2.04. The first-order valence-electron chi connectivity index (χ1n) is 5.92. The van der Waals surface area contributed by atoms with Crippen LogP contribution in [0.1, 0.15) is 31.5 Å². The summed E-state index contributed by atoms with van der Waals surface area (Å²) in [5.41, 5.74) is 1.04. The molecule has 0 bridgehead atoms. The lowest BCUT2D eigenvalue weighted by atomic mass is 10.2. The lowest BCUT2D eigenvalue weighted by Gasteiger charge is -2.04. The summed E-state index contributed by atoms with van der Waals surface area (Å²) in [5, 5.41) is 6.93. The van der Waals surface area contributed by atoms with E-state index in [1.807, 2.05) is 45.2 Å². The van der Waals surface area contributed by atoms with E-state index in [9.17, 15) is 0 Å². The van der Waals surface area contributed by atoms with Crippen LogP contribution in [0.5, 0.6) is 5.75 Å². The summed E-state index contributed by atoms with van der Waals surface area (Å²) in [7, 11) is 1.88. The van der Waals surface area contributed by atoms with Crippen molar-refractivity contribution in [2.75, 3.05) is 12.4 Å². The second-order valence-corrected chi connectivity index (χ2v) is 4.26. The fraction of sp³-hybridized carbons (Fsp3) is 0.385. The molecule has 0 aliphatic heterocycles. The molecule has 1 N–H and O–H groups in total. The number of nitrogens with one attached hydrogen (secondary N) is 1. The van der Waals surface area contributed by atoms with Gasteiger partial charge in [-0.1, -0.05) is 19.0 Å². The van der Waals surface area contributed by atoms with Crippen molar-refractivity contribution < 1.29 is 9.26 Å². The number of benzene rings is 1. The molecule has 0 atom stereocenters. The molecule has 0 unspecified atom stereocenters. The second-order valence-electron chi connectivity index (χ2n) is 4.26. The van der Waals surface area contributed by atoms with Crippen LogP contribution in [-0.4, -0.2) is 17.2 Å². The van der Waals surface area contributed by atoms with Crippen LogP contribution in [0.25, 0.3) is 0 Å². The highest BCUT2D eigenvalue weighted by Crippen LogP contribution is 2.17. The minimum absolute atomic E-state index is 0.261. The molecule has 5 heteroatoms. The first kappa shape index (κ1) is 12.4. The predicted octanol–water partition coefficient (Wildman–Crippen LogP) is 2.81. The molecule has 0 aliphatic rings. The highest BCUT2D eigenvalue weighted by molar-refractivity contribution is 5.45. The summed E-state index contributed by atoms with van der Waals surface area (Å²) in [6.07, 6.45) is 0. The average molecular weight is 247 g/mol. The number of aromatic nitrogens is 2. The topological polar surface area (TPSA) is 60.2 Å². The highest BCUT2D eigenvalue weighted by Gasteiger charge is 2.09. The van der Waals surface area contributed by atoms with Crippen LogP contribution in [0, 0.1) is 0 Å². The Labute approximate surface area is 106 Å². The molecule has 1 aromatic carbocycles. The molecule has 18 heavy (non-hydrogen) atoms. The van der Waals surface area contributed by atoms with Crippen LogP contribution in [0.4, 0.5) is 5.69 Å². The van der Waals surface area contributed by atoms with Crippen molar-refractivity contribution in [3.63, 3.8) is 0 Å². The maximum atomic E-state index is 5.56. The normalized spacial score (nSPS) is 10.7. The summed E-state index contributed by atoms with van der Waals surface area (Å²) in [5.74, 6) is 2.24. The van der Waals surface area contributed by atoms with Crippen LogP contribution >= 0.6 is 0 Å². The first-order valence-corrected chi connectivity index (χ1v) is 5.92. The molecule has 0 fully saturated rings. The maximum Gasteiger partial charge on any atom is 0.264 e. The van der Waals surface area contributed by atoms with E-state index in [4.69, 9.17) is 9.26 Å². The molecular formula is C13H17N3O2. The van der Waals surface area contributed by atoms with Crippen LogP contribution < -0.4 is 10.1 Å². The molecule has 0 saturated heterocycles. The summed E-state index contributed by atoms with van der Waals surface area (Å²) in [4.78, 5) is 4.24. The number of anilines is 1. The van der Waals surface area contributed by atoms with Gasteiger partial charge in [-0.05, 0) is 24.3 Å². The fourth-order valence-electron chi connectivity index (χ4n) is 1.42. The lowest BCUT2D eigenvalue weighted by Crippen LogP contribution is -1.97. The zero-order valence-electron chi connectivity index (χ0n) is 10.8. The minimum atomic E-state index is 0.261. The van der Waals surface area contributed by atoms with E-state index in [-0.39, 0.29) is 5.92 Å². The van der Waals surface area contributed by atoms with E-state index < -0.39 is 0 Å². The molecule has 0 aliphatic carbocycles. The first-order chi connectivity index (χ1) is 8.69. The van der Waals surface area contributed by atoms with Gasteiger partial charge >= 0.3 is 0 Å². The third-order valence-corrected chi connectivity index (χ3v) is 2.51. The molecule has 5 nitrogen and oxygen atoms in total. The van der Waals surface area contributed by atoms with Gasteiger partial charge in [0.2, 0.25) is 0 Å². The molecule has 1 heterocycles. The maximum absolute atomic E-state index is 5.56. The van der Waals surface area contributed by atoms with Crippen LogP contribution in [0.3, 0.4) is 0 Å². The van der Waals surface area contributed by atoms with Gasteiger partial charge in [-0.25, -0.2) is 0 Å². The van der Waals surface area contributed by atoms with E-state index in [0.717, 1.165) is 11.4 Å². The quantitative estimate of drug-likeness (QED) is 0.880. The molecule has 0 spiro atoms. The van der Waals surface area contributed by atoms with Crippen LogP contribution in [0.15, 0.2) is 28.8 Å². The monoisotopic (exact) mass is 247 g/mol. The lowest BCUT2D eigenvalue weighted by molar-refractivity contribution is 0.242. The Bertz CT molecular complexity index is 491. The van der Waals surface area contributed by atoms with Gasteiger partial charge in [-0.3, -0.25) is 0 Å². The van der Waals surface area contributed by atoms with Crippen molar-refractivity contribution in [3.05, 3.63) is 36.0 Å². The van der Waals surface area contributed by atoms with Gasteiger partial charge in [0, 0.05) is 18.7 Å². The van der Waals surface area contributed by atoms with Crippen molar-refractivity contribution in [2.45, 2.75) is 26.4 Å². The molecule has 0 amide bonds. The Morgan fingerprint density at radius 3 is 2.56 bits per heavy atom. The number of hydrogen-bond acceptors (Lipinski definition) is 5.